The summed E-state index contributed by atoms with van der Waals surface area (Å²) in [4.78, 5) is 0. The fourth-order valence-electron chi connectivity index (χ4n) is 3.31. The summed E-state index contributed by atoms with van der Waals surface area (Å²) in [5.74, 6) is 1.03. The number of hydrogen-bond donors (Lipinski definition) is 0. The van der Waals surface area contributed by atoms with E-state index in [-0.39, 0.29) is 26.2 Å². The predicted octanol–water partition coefficient (Wildman–Crippen LogP) is 5.20. The molecule has 0 bridgehead atoms. The molecule has 0 N–H and O–H groups in total. The minimum Gasteiger partial charge on any atom is -0.317 e. The third-order valence-corrected chi connectivity index (χ3v) is 4.39. The molecule has 0 nitrogen and oxygen atoms in total. The topological polar surface area (TPSA) is 0 Å². The van der Waals surface area contributed by atoms with E-state index >= 15 is 0 Å². The standard InChI is InChI=1S/C20H17.Zr/c1-3-7-19-15(5-1)9-11-17(19)13-14-18-12-10-16-6-2-4-8-20(16)18;/h1-13,17-18H,14H2;/q-1;. The molecule has 0 saturated carbocycles. The Labute approximate surface area is 145 Å². The van der Waals surface area contributed by atoms with E-state index in [9.17, 15) is 0 Å². The van der Waals surface area contributed by atoms with E-state index in [4.69, 9.17) is 0 Å². The van der Waals surface area contributed by atoms with Gasteiger partial charge in [0.1, 0.15) is 0 Å². The fraction of sp³-hybridized carbons (Fsp3) is 0.150. The summed E-state index contributed by atoms with van der Waals surface area (Å²) in [6.07, 6.45) is 12.7. The van der Waals surface area contributed by atoms with Crippen molar-refractivity contribution in [3.8, 4) is 0 Å². The van der Waals surface area contributed by atoms with Gasteiger partial charge in [-0.1, -0.05) is 72.3 Å². The Morgan fingerprint density at radius 3 is 2.19 bits per heavy atom. The third-order valence-electron chi connectivity index (χ3n) is 4.39. The number of benzene rings is 2. The van der Waals surface area contributed by atoms with E-state index in [0.717, 1.165) is 6.42 Å². The van der Waals surface area contributed by atoms with Gasteiger partial charge in [0.15, 0.2) is 0 Å². The van der Waals surface area contributed by atoms with Crippen LogP contribution in [0.2, 0.25) is 0 Å². The Kier molecular flexibility index (Phi) is 4.41. The van der Waals surface area contributed by atoms with Gasteiger partial charge in [0, 0.05) is 26.2 Å². The molecule has 2 aromatic carbocycles. The fourth-order valence-corrected chi connectivity index (χ4v) is 3.31. The molecule has 21 heavy (non-hydrogen) atoms. The van der Waals surface area contributed by atoms with Crippen LogP contribution >= 0.6 is 0 Å². The van der Waals surface area contributed by atoms with Crippen LogP contribution in [0.4, 0.5) is 0 Å². The van der Waals surface area contributed by atoms with Crippen molar-refractivity contribution in [2.45, 2.75) is 18.3 Å². The minimum absolute atomic E-state index is 0. The number of fused-ring (bicyclic) bond motifs is 2. The van der Waals surface area contributed by atoms with Gasteiger partial charge in [-0.15, -0.1) is 12.0 Å². The molecule has 2 aliphatic rings. The van der Waals surface area contributed by atoms with E-state index in [1.54, 1.807) is 0 Å². The molecule has 0 radical (unpaired) electrons. The smallest absolute Gasteiger partial charge is 0 e. The van der Waals surface area contributed by atoms with Crippen molar-refractivity contribution in [3.63, 3.8) is 0 Å². The normalized spacial score (nSPS) is 21.0. The van der Waals surface area contributed by atoms with E-state index in [2.05, 4.69) is 79.3 Å². The number of rotatable bonds is 3. The van der Waals surface area contributed by atoms with Crippen molar-refractivity contribution in [1.29, 1.82) is 0 Å². The van der Waals surface area contributed by atoms with Crippen molar-refractivity contribution >= 4 is 12.2 Å². The zero-order valence-electron chi connectivity index (χ0n) is 11.9. The Balaban J connectivity index is 0.00000132. The first-order chi connectivity index (χ1) is 9.92. The van der Waals surface area contributed by atoms with Crippen molar-refractivity contribution in [3.05, 3.63) is 89.4 Å². The van der Waals surface area contributed by atoms with Gasteiger partial charge in [-0.2, -0.15) is 6.42 Å². The van der Waals surface area contributed by atoms with Crippen LogP contribution in [0.15, 0.2) is 60.7 Å². The summed E-state index contributed by atoms with van der Waals surface area (Å²) in [5, 5.41) is 0. The van der Waals surface area contributed by atoms with Gasteiger partial charge in [0.2, 0.25) is 0 Å². The molecule has 0 saturated heterocycles. The zero-order valence-corrected chi connectivity index (χ0v) is 14.3. The molecule has 102 valence electrons. The molecular formula is C20H17Zr-. The Bertz CT molecular complexity index is 635. The molecule has 4 rings (SSSR count). The van der Waals surface area contributed by atoms with Gasteiger partial charge >= 0.3 is 0 Å². The van der Waals surface area contributed by atoms with Gasteiger partial charge < -0.3 is 6.42 Å². The second-order valence-electron chi connectivity index (χ2n) is 5.58. The summed E-state index contributed by atoms with van der Waals surface area (Å²) in [5.41, 5.74) is 5.67. The number of allylic oxidation sites excluding steroid dienone is 2. The maximum atomic E-state index is 2.46. The molecule has 2 unspecified atom stereocenters. The van der Waals surface area contributed by atoms with E-state index in [1.807, 2.05) is 0 Å². The third kappa shape index (κ3) is 2.77. The molecule has 0 heterocycles. The average Bonchev–Trinajstić information content (AvgIpc) is 3.09. The summed E-state index contributed by atoms with van der Waals surface area (Å²) in [7, 11) is 0. The molecule has 2 aromatic rings. The Hall–Kier alpha value is -1.20. The van der Waals surface area contributed by atoms with Crippen LogP contribution in [0.5, 0.6) is 0 Å². The van der Waals surface area contributed by atoms with Crippen LogP contribution < -0.4 is 0 Å². The maximum absolute atomic E-state index is 2.46. The molecular weight excluding hydrogens is 331 g/mol. The van der Waals surface area contributed by atoms with Crippen molar-refractivity contribution in [2.24, 2.45) is 0 Å². The van der Waals surface area contributed by atoms with Crippen molar-refractivity contribution < 1.29 is 26.2 Å². The molecule has 0 fully saturated rings. The first kappa shape index (κ1) is 14.7. The summed E-state index contributed by atoms with van der Waals surface area (Å²) in [6, 6.07) is 17.4. The Morgan fingerprint density at radius 2 is 1.38 bits per heavy atom. The van der Waals surface area contributed by atoms with Gasteiger partial charge in [-0.3, -0.25) is 0 Å². The largest absolute Gasteiger partial charge is 0.317 e. The second kappa shape index (κ2) is 6.28. The SMILES string of the molecule is C1=CC([CH-]CC2C=Cc3ccccc32)c2ccccc21.[Zr]. The molecule has 1 heteroatoms. The van der Waals surface area contributed by atoms with Gasteiger partial charge in [0.05, 0.1) is 0 Å². The quantitative estimate of drug-likeness (QED) is 0.669. The van der Waals surface area contributed by atoms with Crippen molar-refractivity contribution in [1.82, 2.24) is 0 Å². The molecule has 0 spiro atoms. The molecule has 2 atom stereocenters. The van der Waals surface area contributed by atoms with E-state index in [0.29, 0.717) is 11.8 Å². The molecule has 2 aliphatic carbocycles. The van der Waals surface area contributed by atoms with Crippen LogP contribution in [-0.4, -0.2) is 0 Å². The van der Waals surface area contributed by atoms with Crippen LogP contribution in [-0.2, 0) is 26.2 Å². The van der Waals surface area contributed by atoms with Gasteiger partial charge in [-0.05, 0) is 22.6 Å². The van der Waals surface area contributed by atoms with Crippen LogP contribution in [0.1, 0.15) is 40.5 Å². The number of hydrogen-bond acceptors (Lipinski definition) is 0. The predicted molar refractivity (Wildman–Crippen MR) is 85.4 cm³/mol. The van der Waals surface area contributed by atoms with E-state index in [1.165, 1.54) is 22.3 Å². The first-order valence-electron chi connectivity index (χ1n) is 7.29. The molecule has 0 aromatic heterocycles. The molecule has 0 amide bonds. The average molecular weight is 349 g/mol. The van der Waals surface area contributed by atoms with Crippen LogP contribution in [0.3, 0.4) is 0 Å². The monoisotopic (exact) mass is 347 g/mol. The summed E-state index contributed by atoms with van der Waals surface area (Å²) in [6.45, 7) is 0. The van der Waals surface area contributed by atoms with Gasteiger partial charge in [0.25, 0.3) is 0 Å². The van der Waals surface area contributed by atoms with Crippen LogP contribution in [0.25, 0.3) is 12.2 Å². The van der Waals surface area contributed by atoms with E-state index < -0.39 is 0 Å². The zero-order chi connectivity index (χ0) is 13.4. The second-order valence-corrected chi connectivity index (χ2v) is 5.58. The maximum Gasteiger partial charge on any atom is 0 e. The molecule has 0 aliphatic heterocycles. The first-order valence-corrected chi connectivity index (χ1v) is 7.29. The minimum atomic E-state index is 0. The summed E-state index contributed by atoms with van der Waals surface area (Å²) < 4.78 is 0. The van der Waals surface area contributed by atoms with Gasteiger partial charge in [-0.25, -0.2) is 0 Å². The van der Waals surface area contributed by atoms with Crippen molar-refractivity contribution in [2.75, 3.05) is 0 Å². The summed E-state index contributed by atoms with van der Waals surface area (Å²) >= 11 is 0. The van der Waals surface area contributed by atoms with Crippen LogP contribution in [0, 0.1) is 6.42 Å². The Morgan fingerprint density at radius 1 is 0.762 bits per heavy atom.